The third kappa shape index (κ3) is 5.74. The molecule has 0 radical (unpaired) electrons. The van der Waals surface area contributed by atoms with Gasteiger partial charge in [0, 0.05) is 17.0 Å². The largest absolute Gasteiger partial charge is 0.489 e. The van der Waals surface area contributed by atoms with Crippen LogP contribution < -0.4 is 20.1 Å². The molecular weight excluding hydrogens is 462 g/mol. The van der Waals surface area contributed by atoms with Crippen LogP contribution in [0.4, 0.5) is 10.8 Å². The molecule has 1 aliphatic rings. The van der Waals surface area contributed by atoms with Gasteiger partial charge in [-0.05, 0) is 47.5 Å². The van der Waals surface area contributed by atoms with Gasteiger partial charge in [0.25, 0.3) is 5.91 Å². The van der Waals surface area contributed by atoms with Crippen LogP contribution in [0.25, 0.3) is 17.3 Å². The fourth-order valence-corrected chi connectivity index (χ4v) is 4.16. The summed E-state index contributed by atoms with van der Waals surface area (Å²) in [6.45, 7) is 0.515. The molecular formula is C27H21N3O4S. The molecule has 174 valence electrons. The maximum atomic E-state index is 12.4. The number of anilines is 2. The van der Waals surface area contributed by atoms with E-state index in [9.17, 15) is 9.59 Å². The molecule has 7 nitrogen and oxygen atoms in total. The summed E-state index contributed by atoms with van der Waals surface area (Å²) in [5, 5.41) is 7.90. The van der Waals surface area contributed by atoms with Gasteiger partial charge >= 0.3 is 0 Å². The van der Waals surface area contributed by atoms with Gasteiger partial charge in [0.2, 0.25) is 5.91 Å². The molecule has 2 N–H and O–H groups in total. The predicted molar refractivity (Wildman–Crippen MR) is 137 cm³/mol. The molecule has 0 saturated carbocycles. The van der Waals surface area contributed by atoms with E-state index in [0.29, 0.717) is 28.9 Å². The smallest absolute Gasteiger partial charge is 0.262 e. The lowest BCUT2D eigenvalue weighted by molar-refractivity contribution is -0.118. The number of fused-ring (bicyclic) bond motifs is 1. The first-order valence-corrected chi connectivity index (χ1v) is 11.8. The zero-order valence-electron chi connectivity index (χ0n) is 18.6. The normalized spacial score (nSPS) is 12.5. The second-order valence-electron chi connectivity index (χ2n) is 7.75. The first-order chi connectivity index (χ1) is 17.1. The number of thiazole rings is 1. The van der Waals surface area contributed by atoms with Crippen molar-refractivity contribution in [3.05, 3.63) is 95.4 Å². The number of nitrogens with zero attached hydrogens (tertiary/aromatic N) is 1. The second kappa shape index (κ2) is 10.2. The Bertz CT molecular complexity index is 1380. The third-order valence-electron chi connectivity index (χ3n) is 5.20. The lowest BCUT2D eigenvalue weighted by atomic mass is 10.1. The molecule has 3 aromatic carbocycles. The van der Waals surface area contributed by atoms with Crippen LogP contribution in [0.3, 0.4) is 0 Å². The molecule has 1 aromatic heterocycles. The number of hydrogen-bond donors (Lipinski definition) is 2. The van der Waals surface area contributed by atoms with E-state index in [1.807, 2.05) is 66.0 Å². The summed E-state index contributed by atoms with van der Waals surface area (Å²) in [6, 6.07) is 23.0. The number of carbonyl (C=O) groups is 2. The summed E-state index contributed by atoms with van der Waals surface area (Å²) in [7, 11) is 0. The van der Waals surface area contributed by atoms with Crippen molar-refractivity contribution in [2.45, 2.75) is 6.61 Å². The zero-order chi connectivity index (χ0) is 24.0. The number of hydrogen-bond acceptors (Lipinski definition) is 6. The van der Waals surface area contributed by atoms with E-state index < -0.39 is 0 Å². The highest BCUT2D eigenvalue weighted by Crippen LogP contribution is 2.33. The van der Waals surface area contributed by atoms with Crippen molar-refractivity contribution in [3.63, 3.8) is 0 Å². The number of nitrogens with one attached hydrogen (secondary N) is 2. The van der Waals surface area contributed by atoms with Crippen molar-refractivity contribution in [2.75, 3.05) is 17.2 Å². The summed E-state index contributed by atoms with van der Waals surface area (Å²) in [4.78, 5) is 28.4. The molecule has 35 heavy (non-hydrogen) atoms. The number of ether oxygens (including phenoxy) is 2. The van der Waals surface area contributed by atoms with E-state index in [2.05, 4.69) is 15.6 Å². The van der Waals surface area contributed by atoms with Crippen LogP contribution in [-0.4, -0.2) is 23.4 Å². The Balaban J connectivity index is 1.16. The fourth-order valence-electron chi connectivity index (χ4n) is 3.44. The standard InChI is InChI=1S/C27H21N3O4S/c31-25(13-8-18-6-10-21(11-7-18)33-15-19-4-2-1-3-5-19)30-27-29-23(17-35-27)20-9-12-24-22(14-20)28-26(32)16-34-24/h1-14,17H,15-16H2,(H,28,32)(H,29,30,31)/b13-8+. The van der Waals surface area contributed by atoms with Crippen molar-refractivity contribution in [3.8, 4) is 22.8 Å². The summed E-state index contributed by atoms with van der Waals surface area (Å²) < 4.78 is 11.2. The molecule has 2 heterocycles. The van der Waals surface area contributed by atoms with Gasteiger partial charge in [0.05, 0.1) is 11.4 Å². The first-order valence-electron chi connectivity index (χ1n) is 10.9. The summed E-state index contributed by atoms with van der Waals surface area (Å²) in [6.07, 6.45) is 3.20. The Kier molecular flexibility index (Phi) is 6.54. The van der Waals surface area contributed by atoms with Crippen molar-refractivity contribution >= 4 is 40.0 Å². The highest BCUT2D eigenvalue weighted by Gasteiger charge is 2.17. The van der Waals surface area contributed by atoms with Crippen LogP contribution in [0, 0.1) is 0 Å². The molecule has 0 saturated heterocycles. The number of benzene rings is 3. The summed E-state index contributed by atoms with van der Waals surface area (Å²) in [5.74, 6) is 0.917. The second-order valence-corrected chi connectivity index (χ2v) is 8.61. The van der Waals surface area contributed by atoms with Gasteiger partial charge in [0.15, 0.2) is 11.7 Å². The predicted octanol–water partition coefficient (Wildman–Crippen LogP) is 5.37. The molecule has 0 atom stereocenters. The van der Waals surface area contributed by atoms with Gasteiger partial charge in [-0.3, -0.25) is 14.9 Å². The Morgan fingerprint density at radius 3 is 2.77 bits per heavy atom. The molecule has 1 aliphatic heterocycles. The average molecular weight is 484 g/mol. The summed E-state index contributed by atoms with van der Waals surface area (Å²) >= 11 is 1.33. The van der Waals surface area contributed by atoms with Gasteiger partial charge in [-0.2, -0.15) is 0 Å². The molecule has 4 aromatic rings. The number of rotatable bonds is 7. The van der Waals surface area contributed by atoms with Gasteiger partial charge in [-0.15, -0.1) is 11.3 Å². The van der Waals surface area contributed by atoms with E-state index in [4.69, 9.17) is 9.47 Å². The lowest BCUT2D eigenvalue weighted by Gasteiger charge is -2.18. The van der Waals surface area contributed by atoms with Crippen LogP contribution in [-0.2, 0) is 16.2 Å². The van der Waals surface area contributed by atoms with Gasteiger partial charge in [-0.25, -0.2) is 4.98 Å². The molecule has 0 unspecified atom stereocenters. The van der Waals surface area contributed by atoms with Crippen LogP contribution in [0.2, 0.25) is 0 Å². The van der Waals surface area contributed by atoms with Crippen molar-refractivity contribution in [2.24, 2.45) is 0 Å². The van der Waals surface area contributed by atoms with E-state index in [0.717, 1.165) is 22.4 Å². The van der Waals surface area contributed by atoms with Crippen molar-refractivity contribution in [1.29, 1.82) is 0 Å². The van der Waals surface area contributed by atoms with Crippen molar-refractivity contribution in [1.82, 2.24) is 4.98 Å². The summed E-state index contributed by atoms with van der Waals surface area (Å²) in [5.41, 5.74) is 4.10. The lowest BCUT2D eigenvalue weighted by Crippen LogP contribution is -2.25. The van der Waals surface area contributed by atoms with Crippen LogP contribution in [0.5, 0.6) is 11.5 Å². The minimum Gasteiger partial charge on any atom is -0.489 e. The number of carbonyl (C=O) groups excluding carboxylic acids is 2. The highest BCUT2D eigenvalue weighted by atomic mass is 32.1. The van der Waals surface area contributed by atoms with Crippen LogP contribution in [0.1, 0.15) is 11.1 Å². The molecule has 0 bridgehead atoms. The number of aromatic nitrogens is 1. The quantitative estimate of drug-likeness (QED) is 0.345. The fraction of sp³-hybridized carbons (Fsp3) is 0.0741. The van der Waals surface area contributed by atoms with Crippen LogP contribution in [0.15, 0.2) is 84.3 Å². The Labute approximate surface area is 206 Å². The molecule has 5 rings (SSSR count). The van der Waals surface area contributed by atoms with Crippen molar-refractivity contribution < 1.29 is 19.1 Å². The Morgan fingerprint density at radius 2 is 1.94 bits per heavy atom. The topological polar surface area (TPSA) is 89.5 Å². The highest BCUT2D eigenvalue weighted by molar-refractivity contribution is 7.14. The molecule has 8 heteroatoms. The van der Waals surface area contributed by atoms with E-state index in [1.54, 1.807) is 18.2 Å². The first kappa shape index (κ1) is 22.4. The molecule has 0 aliphatic carbocycles. The maximum absolute atomic E-state index is 12.4. The van der Waals surface area contributed by atoms with Gasteiger partial charge in [-0.1, -0.05) is 42.5 Å². The monoisotopic (exact) mass is 483 g/mol. The molecule has 0 spiro atoms. The SMILES string of the molecule is O=C(/C=C/c1ccc(OCc2ccccc2)cc1)Nc1nc(-c2ccc3c(c2)NC(=O)CO3)cs1. The third-order valence-corrected chi connectivity index (χ3v) is 5.96. The Hall–Kier alpha value is -4.43. The minimum atomic E-state index is -0.276. The van der Waals surface area contributed by atoms with E-state index >= 15 is 0 Å². The van der Waals surface area contributed by atoms with Gasteiger partial charge < -0.3 is 14.8 Å². The van der Waals surface area contributed by atoms with Crippen LogP contribution >= 0.6 is 11.3 Å². The molecule has 0 fully saturated rings. The Morgan fingerprint density at radius 1 is 1.11 bits per heavy atom. The molecule has 2 amide bonds. The van der Waals surface area contributed by atoms with E-state index in [1.165, 1.54) is 17.4 Å². The zero-order valence-corrected chi connectivity index (χ0v) is 19.4. The maximum Gasteiger partial charge on any atom is 0.262 e. The number of amides is 2. The van der Waals surface area contributed by atoms with E-state index in [-0.39, 0.29) is 18.4 Å². The minimum absolute atomic E-state index is 0.0128. The van der Waals surface area contributed by atoms with Gasteiger partial charge in [0.1, 0.15) is 18.1 Å². The average Bonchev–Trinajstić information content (AvgIpc) is 3.35.